The molecule has 0 radical (unpaired) electrons. The van der Waals surface area contributed by atoms with Crippen molar-refractivity contribution >= 4 is 5.91 Å². The van der Waals surface area contributed by atoms with Crippen LogP contribution in [0.5, 0.6) is 0 Å². The number of amides is 1. The molecule has 2 aliphatic rings. The number of rotatable bonds is 2. The van der Waals surface area contributed by atoms with Crippen LogP contribution in [0, 0.1) is 23.5 Å². The van der Waals surface area contributed by atoms with E-state index in [0.717, 1.165) is 44.4 Å². The number of carbonyl (C=O) groups is 1. The van der Waals surface area contributed by atoms with Crippen molar-refractivity contribution in [1.82, 2.24) is 10.2 Å². The standard InChI is InChI=1S/C14H16F2N2O/c15-12-1-2-13(16)9(3-12)4-14(19)18-7-10-5-17-6-11(10)8-18/h1-3,10-11,17H,4-8H2/t10-,11+. The van der Waals surface area contributed by atoms with Crippen LogP contribution in [-0.2, 0) is 11.2 Å². The normalized spacial score (nSPS) is 25.7. The molecule has 1 amide bonds. The fourth-order valence-corrected chi connectivity index (χ4v) is 3.01. The molecule has 0 unspecified atom stereocenters. The Bertz CT molecular complexity index is 494. The summed E-state index contributed by atoms with van der Waals surface area (Å²) in [6, 6.07) is 3.24. The van der Waals surface area contributed by atoms with Gasteiger partial charge in [-0.2, -0.15) is 0 Å². The first kappa shape index (κ1) is 12.5. The predicted molar refractivity (Wildman–Crippen MR) is 66.5 cm³/mol. The summed E-state index contributed by atoms with van der Waals surface area (Å²) in [7, 11) is 0. The lowest BCUT2D eigenvalue weighted by Gasteiger charge is -2.17. The molecular weight excluding hydrogens is 250 g/mol. The number of fused-ring (bicyclic) bond motifs is 1. The highest BCUT2D eigenvalue weighted by Crippen LogP contribution is 2.26. The molecule has 0 aromatic heterocycles. The minimum atomic E-state index is -0.518. The van der Waals surface area contributed by atoms with E-state index in [4.69, 9.17) is 0 Å². The second-order valence-electron chi connectivity index (χ2n) is 5.39. The quantitative estimate of drug-likeness (QED) is 0.872. The Hall–Kier alpha value is -1.49. The second kappa shape index (κ2) is 4.89. The molecule has 0 bridgehead atoms. The van der Waals surface area contributed by atoms with Gasteiger partial charge in [0.1, 0.15) is 11.6 Å². The first-order chi connectivity index (χ1) is 9.13. The zero-order valence-corrected chi connectivity index (χ0v) is 10.5. The van der Waals surface area contributed by atoms with E-state index < -0.39 is 11.6 Å². The number of benzene rings is 1. The van der Waals surface area contributed by atoms with Crippen molar-refractivity contribution < 1.29 is 13.6 Å². The van der Waals surface area contributed by atoms with Gasteiger partial charge in [0, 0.05) is 31.7 Å². The van der Waals surface area contributed by atoms with Gasteiger partial charge in [-0.25, -0.2) is 8.78 Å². The number of nitrogens with zero attached hydrogens (tertiary/aromatic N) is 1. The SMILES string of the molecule is O=C(Cc1cc(F)ccc1F)N1C[C@H]2CNC[C@H]2C1. The van der Waals surface area contributed by atoms with Crippen molar-refractivity contribution in [2.75, 3.05) is 26.2 Å². The van der Waals surface area contributed by atoms with Crippen molar-refractivity contribution in [3.05, 3.63) is 35.4 Å². The minimum Gasteiger partial charge on any atom is -0.342 e. The Labute approximate surface area is 110 Å². The minimum absolute atomic E-state index is 0.0591. The molecule has 2 heterocycles. The molecular formula is C14H16F2N2O. The van der Waals surface area contributed by atoms with E-state index in [1.165, 1.54) is 0 Å². The van der Waals surface area contributed by atoms with Crippen molar-refractivity contribution in [3.8, 4) is 0 Å². The lowest BCUT2D eigenvalue weighted by atomic mass is 10.0. The molecule has 2 fully saturated rings. The first-order valence-corrected chi connectivity index (χ1v) is 6.56. The molecule has 1 aromatic carbocycles. The fourth-order valence-electron chi connectivity index (χ4n) is 3.01. The van der Waals surface area contributed by atoms with Gasteiger partial charge in [0.2, 0.25) is 5.91 Å². The third-order valence-electron chi connectivity index (χ3n) is 4.09. The molecule has 0 saturated carbocycles. The Morgan fingerprint density at radius 1 is 1.26 bits per heavy atom. The lowest BCUT2D eigenvalue weighted by Crippen LogP contribution is -2.33. The van der Waals surface area contributed by atoms with Crippen LogP contribution in [0.1, 0.15) is 5.56 Å². The van der Waals surface area contributed by atoms with Gasteiger partial charge in [-0.15, -0.1) is 0 Å². The average Bonchev–Trinajstić information content (AvgIpc) is 2.94. The van der Waals surface area contributed by atoms with E-state index >= 15 is 0 Å². The number of nitrogens with one attached hydrogen (secondary N) is 1. The first-order valence-electron chi connectivity index (χ1n) is 6.56. The summed E-state index contributed by atoms with van der Waals surface area (Å²) < 4.78 is 26.6. The lowest BCUT2D eigenvalue weighted by molar-refractivity contribution is -0.129. The van der Waals surface area contributed by atoms with Crippen LogP contribution in [0.25, 0.3) is 0 Å². The highest BCUT2D eigenvalue weighted by molar-refractivity contribution is 5.79. The Kier molecular flexibility index (Phi) is 3.22. The van der Waals surface area contributed by atoms with Crippen molar-refractivity contribution in [3.63, 3.8) is 0 Å². The van der Waals surface area contributed by atoms with Crippen LogP contribution >= 0.6 is 0 Å². The van der Waals surface area contributed by atoms with Gasteiger partial charge in [-0.1, -0.05) is 0 Å². The van der Waals surface area contributed by atoms with Crippen LogP contribution in [0.2, 0.25) is 0 Å². The molecule has 1 aromatic rings. The average molecular weight is 266 g/mol. The van der Waals surface area contributed by atoms with E-state index in [-0.39, 0.29) is 17.9 Å². The van der Waals surface area contributed by atoms with E-state index in [1.54, 1.807) is 4.90 Å². The molecule has 102 valence electrons. The third-order valence-corrected chi connectivity index (χ3v) is 4.09. The van der Waals surface area contributed by atoms with Gasteiger partial charge in [0.15, 0.2) is 0 Å². The Morgan fingerprint density at radius 2 is 1.95 bits per heavy atom. The van der Waals surface area contributed by atoms with E-state index in [9.17, 15) is 13.6 Å². The predicted octanol–water partition coefficient (Wildman–Crippen LogP) is 1.19. The number of hydrogen-bond donors (Lipinski definition) is 1. The maximum absolute atomic E-state index is 13.5. The highest BCUT2D eigenvalue weighted by atomic mass is 19.1. The Morgan fingerprint density at radius 3 is 2.63 bits per heavy atom. The summed E-state index contributed by atoms with van der Waals surface area (Å²) >= 11 is 0. The second-order valence-corrected chi connectivity index (χ2v) is 5.39. The van der Waals surface area contributed by atoms with E-state index in [1.807, 2.05) is 0 Å². The van der Waals surface area contributed by atoms with Crippen molar-refractivity contribution in [2.24, 2.45) is 11.8 Å². The number of hydrogen-bond acceptors (Lipinski definition) is 2. The Balaban J connectivity index is 1.67. The molecule has 3 rings (SSSR count). The molecule has 19 heavy (non-hydrogen) atoms. The molecule has 5 heteroatoms. The van der Waals surface area contributed by atoms with Gasteiger partial charge in [0.25, 0.3) is 0 Å². The number of likely N-dealkylation sites (tertiary alicyclic amines) is 1. The number of halogens is 2. The molecule has 2 aliphatic heterocycles. The topological polar surface area (TPSA) is 32.3 Å². The molecule has 0 spiro atoms. The summed E-state index contributed by atoms with van der Waals surface area (Å²) in [6.07, 6.45) is -0.0591. The van der Waals surface area contributed by atoms with Crippen LogP contribution in [0.3, 0.4) is 0 Å². The summed E-state index contributed by atoms with van der Waals surface area (Å²) in [5.41, 5.74) is 0.139. The van der Waals surface area contributed by atoms with E-state index in [2.05, 4.69) is 5.32 Å². The van der Waals surface area contributed by atoms with Crippen molar-refractivity contribution in [2.45, 2.75) is 6.42 Å². The van der Waals surface area contributed by atoms with Crippen LogP contribution in [-0.4, -0.2) is 37.0 Å². The van der Waals surface area contributed by atoms with Crippen LogP contribution < -0.4 is 5.32 Å². The smallest absolute Gasteiger partial charge is 0.227 e. The highest BCUT2D eigenvalue weighted by Gasteiger charge is 2.37. The van der Waals surface area contributed by atoms with Gasteiger partial charge in [0.05, 0.1) is 6.42 Å². The van der Waals surface area contributed by atoms with Crippen LogP contribution in [0.4, 0.5) is 8.78 Å². The maximum atomic E-state index is 13.5. The third kappa shape index (κ3) is 2.47. The summed E-state index contributed by atoms with van der Waals surface area (Å²) in [6.45, 7) is 3.35. The zero-order valence-electron chi connectivity index (χ0n) is 10.5. The van der Waals surface area contributed by atoms with Gasteiger partial charge < -0.3 is 10.2 Å². The molecule has 2 atom stereocenters. The fraction of sp³-hybridized carbons (Fsp3) is 0.500. The molecule has 0 aliphatic carbocycles. The monoisotopic (exact) mass is 266 g/mol. The molecule has 2 saturated heterocycles. The molecule has 3 nitrogen and oxygen atoms in total. The van der Waals surface area contributed by atoms with Crippen LogP contribution in [0.15, 0.2) is 18.2 Å². The van der Waals surface area contributed by atoms with Gasteiger partial charge in [-0.05, 0) is 30.0 Å². The summed E-state index contributed by atoms with van der Waals surface area (Å²) in [5, 5.41) is 3.30. The van der Waals surface area contributed by atoms with Gasteiger partial charge in [-0.3, -0.25) is 4.79 Å². The summed E-state index contributed by atoms with van der Waals surface area (Å²) in [4.78, 5) is 13.9. The number of carbonyl (C=O) groups excluding carboxylic acids is 1. The molecule has 1 N–H and O–H groups in total. The largest absolute Gasteiger partial charge is 0.342 e. The summed E-state index contributed by atoms with van der Waals surface area (Å²) in [5.74, 6) is -0.107. The van der Waals surface area contributed by atoms with E-state index in [0.29, 0.717) is 11.8 Å². The zero-order chi connectivity index (χ0) is 13.4. The van der Waals surface area contributed by atoms with Gasteiger partial charge >= 0.3 is 0 Å². The maximum Gasteiger partial charge on any atom is 0.227 e. The van der Waals surface area contributed by atoms with Crippen molar-refractivity contribution in [1.29, 1.82) is 0 Å².